The van der Waals surface area contributed by atoms with Gasteiger partial charge in [0, 0.05) is 30.1 Å². The minimum Gasteiger partial charge on any atom is -0.326 e. The van der Waals surface area contributed by atoms with Crippen molar-refractivity contribution in [2.24, 2.45) is 5.73 Å². The molecular formula is C11H15ClN2. The van der Waals surface area contributed by atoms with E-state index >= 15 is 0 Å². The Hall–Kier alpha value is -0.570. The molecule has 1 heterocycles. The lowest BCUT2D eigenvalue weighted by Gasteiger charge is -2.14. The average molecular weight is 211 g/mol. The third-order valence-corrected chi connectivity index (χ3v) is 3.10. The maximum atomic E-state index is 6.06. The Morgan fingerprint density at radius 2 is 1.93 bits per heavy atom. The highest BCUT2D eigenvalue weighted by molar-refractivity contribution is 6.30. The molecule has 0 aromatic heterocycles. The van der Waals surface area contributed by atoms with Crippen LogP contribution in [0.2, 0.25) is 5.02 Å². The van der Waals surface area contributed by atoms with Gasteiger partial charge in [0.2, 0.25) is 0 Å². The van der Waals surface area contributed by atoms with Crippen LogP contribution in [0.4, 0.5) is 0 Å². The van der Waals surface area contributed by atoms with E-state index in [1.807, 2.05) is 12.1 Å². The summed E-state index contributed by atoms with van der Waals surface area (Å²) in [7, 11) is 2.11. The van der Waals surface area contributed by atoms with Crippen molar-refractivity contribution >= 4 is 11.6 Å². The highest BCUT2D eigenvalue weighted by Crippen LogP contribution is 2.26. The standard InChI is InChI=1S/C11H15ClN2/c1-14-6-10(11(13)7-14)8-2-4-9(12)5-3-8/h2-5,10-11H,6-7,13H2,1H3. The summed E-state index contributed by atoms with van der Waals surface area (Å²) in [4.78, 5) is 2.27. The van der Waals surface area contributed by atoms with Gasteiger partial charge in [0.15, 0.2) is 0 Å². The molecule has 2 unspecified atom stereocenters. The third kappa shape index (κ3) is 1.92. The van der Waals surface area contributed by atoms with Crippen LogP contribution in [0.25, 0.3) is 0 Å². The SMILES string of the molecule is CN1CC(N)C(c2ccc(Cl)cc2)C1. The monoisotopic (exact) mass is 210 g/mol. The molecular weight excluding hydrogens is 196 g/mol. The number of halogens is 1. The number of likely N-dealkylation sites (N-methyl/N-ethyl adjacent to an activating group) is 1. The molecule has 2 rings (SSSR count). The molecule has 1 fully saturated rings. The first-order valence-corrected chi connectivity index (χ1v) is 5.24. The van der Waals surface area contributed by atoms with Gasteiger partial charge in [-0.25, -0.2) is 0 Å². The average Bonchev–Trinajstić information content (AvgIpc) is 2.47. The smallest absolute Gasteiger partial charge is 0.0406 e. The summed E-state index contributed by atoms with van der Waals surface area (Å²) < 4.78 is 0. The predicted octanol–water partition coefficient (Wildman–Crippen LogP) is 1.70. The fourth-order valence-corrected chi connectivity index (χ4v) is 2.22. The lowest BCUT2D eigenvalue weighted by molar-refractivity contribution is 0.407. The topological polar surface area (TPSA) is 29.3 Å². The normalized spacial score (nSPS) is 28.2. The predicted molar refractivity (Wildman–Crippen MR) is 59.7 cm³/mol. The van der Waals surface area contributed by atoms with E-state index in [0.29, 0.717) is 5.92 Å². The molecule has 1 aliphatic heterocycles. The van der Waals surface area contributed by atoms with Crippen LogP contribution in [-0.2, 0) is 0 Å². The second-order valence-electron chi connectivity index (χ2n) is 4.04. The minimum absolute atomic E-state index is 0.251. The molecule has 3 heteroatoms. The number of benzene rings is 1. The van der Waals surface area contributed by atoms with Crippen LogP contribution in [-0.4, -0.2) is 31.1 Å². The lowest BCUT2D eigenvalue weighted by Crippen LogP contribution is -2.27. The molecule has 0 radical (unpaired) electrons. The fourth-order valence-electron chi connectivity index (χ4n) is 2.10. The molecule has 1 aromatic carbocycles. The first-order chi connectivity index (χ1) is 6.66. The van der Waals surface area contributed by atoms with E-state index in [1.54, 1.807) is 0 Å². The summed E-state index contributed by atoms with van der Waals surface area (Å²) >= 11 is 5.84. The van der Waals surface area contributed by atoms with Crippen molar-refractivity contribution in [3.05, 3.63) is 34.9 Å². The quantitative estimate of drug-likeness (QED) is 0.765. The van der Waals surface area contributed by atoms with E-state index in [2.05, 4.69) is 24.1 Å². The van der Waals surface area contributed by atoms with Crippen LogP contribution in [0.3, 0.4) is 0 Å². The number of nitrogens with two attached hydrogens (primary N) is 1. The summed E-state index contributed by atoms with van der Waals surface area (Å²) in [6, 6.07) is 8.27. The molecule has 1 aliphatic rings. The molecule has 2 nitrogen and oxygen atoms in total. The van der Waals surface area contributed by atoms with E-state index in [0.717, 1.165) is 18.1 Å². The molecule has 0 amide bonds. The van der Waals surface area contributed by atoms with E-state index in [9.17, 15) is 0 Å². The number of likely N-dealkylation sites (tertiary alicyclic amines) is 1. The number of rotatable bonds is 1. The van der Waals surface area contributed by atoms with Crippen LogP contribution in [0.5, 0.6) is 0 Å². The van der Waals surface area contributed by atoms with Crippen molar-refractivity contribution in [2.45, 2.75) is 12.0 Å². The van der Waals surface area contributed by atoms with Gasteiger partial charge in [-0.3, -0.25) is 0 Å². The zero-order valence-electron chi connectivity index (χ0n) is 8.28. The third-order valence-electron chi connectivity index (χ3n) is 2.85. The Morgan fingerprint density at radius 3 is 2.43 bits per heavy atom. The Morgan fingerprint density at radius 1 is 1.29 bits per heavy atom. The zero-order valence-corrected chi connectivity index (χ0v) is 9.04. The van der Waals surface area contributed by atoms with Crippen molar-refractivity contribution in [3.63, 3.8) is 0 Å². The zero-order chi connectivity index (χ0) is 10.1. The summed E-state index contributed by atoms with van der Waals surface area (Å²) in [5.74, 6) is 0.456. The lowest BCUT2D eigenvalue weighted by atomic mass is 9.95. The van der Waals surface area contributed by atoms with Crippen LogP contribution in [0.1, 0.15) is 11.5 Å². The molecule has 0 aliphatic carbocycles. The summed E-state index contributed by atoms with van der Waals surface area (Å²) in [6.45, 7) is 2.02. The van der Waals surface area contributed by atoms with Crippen molar-refractivity contribution in [1.82, 2.24) is 4.90 Å². The maximum Gasteiger partial charge on any atom is 0.0406 e. The van der Waals surface area contributed by atoms with Gasteiger partial charge in [-0.1, -0.05) is 23.7 Å². The Bertz CT molecular complexity index is 310. The molecule has 2 N–H and O–H groups in total. The first kappa shape index (κ1) is 9.97. The van der Waals surface area contributed by atoms with Crippen molar-refractivity contribution < 1.29 is 0 Å². The molecule has 2 atom stereocenters. The Kier molecular flexibility index (Phi) is 2.77. The van der Waals surface area contributed by atoms with E-state index in [1.165, 1.54) is 5.56 Å². The van der Waals surface area contributed by atoms with Crippen LogP contribution < -0.4 is 5.73 Å². The highest BCUT2D eigenvalue weighted by atomic mass is 35.5. The van der Waals surface area contributed by atoms with E-state index in [4.69, 9.17) is 17.3 Å². The summed E-state index contributed by atoms with van der Waals surface area (Å²) in [5.41, 5.74) is 7.36. The number of hydrogen-bond acceptors (Lipinski definition) is 2. The van der Waals surface area contributed by atoms with E-state index < -0.39 is 0 Å². The number of hydrogen-bond donors (Lipinski definition) is 1. The van der Waals surface area contributed by atoms with Gasteiger partial charge in [-0.05, 0) is 24.7 Å². The second kappa shape index (κ2) is 3.89. The van der Waals surface area contributed by atoms with Gasteiger partial charge < -0.3 is 10.6 Å². The second-order valence-corrected chi connectivity index (χ2v) is 4.48. The fraction of sp³-hybridized carbons (Fsp3) is 0.455. The van der Waals surface area contributed by atoms with Gasteiger partial charge in [0.25, 0.3) is 0 Å². The molecule has 0 saturated carbocycles. The van der Waals surface area contributed by atoms with Gasteiger partial charge in [-0.2, -0.15) is 0 Å². The molecule has 1 aromatic rings. The van der Waals surface area contributed by atoms with Gasteiger partial charge in [0.1, 0.15) is 0 Å². The molecule has 76 valence electrons. The molecule has 1 saturated heterocycles. The summed E-state index contributed by atoms with van der Waals surface area (Å²) in [6.07, 6.45) is 0. The largest absolute Gasteiger partial charge is 0.326 e. The van der Waals surface area contributed by atoms with Crippen LogP contribution in [0, 0.1) is 0 Å². The van der Waals surface area contributed by atoms with Gasteiger partial charge in [-0.15, -0.1) is 0 Å². The van der Waals surface area contributed by atoms with Gasteiger partial charge >= 0.3 is 0 Å². The molecule has 14 heavy (non-hydrogen) atoms. The summed E-state index contributed by atoms with van der Waals surface area (Å²) in [5, 5.41) is 0.786. The van der Waals surface area contributed by atoms with Crippen LogP contribution >= 0.6 is 11.6 Å². The Labute approximate surface area is 89.7 Å². The molecule has 0 bridgehead atoms. The first-order valence-electron chi connectivity index (χ1n) is 4.86. The minimum atomic E-state index is 0.251. The maximum absolute atomic E-state index is 6.06. The van der Waals surface area contributed by atoms with Gasteiger partial charge in [0.05, 0.1) is 0 Å². The Balaban J connectivity index is 2.19. The van der Waals surface area contributed by atoms with Crippen molar-refractivity contribution in [2.75, 3.05) is 20.1 Å². The van der Waals surface area contributed by atoms with Crippen LogP contribution in [0.15, 0.2) is 24.3 Å². The van der Waals surface area contributed by atoms with Crippen molar-refractivity contribution in [3.8, 4) is 0 Å². The van der Waals surface area contributed by atoms with E-state index in [-0.39, 0.29) is 6.04 Å². The highest BCUT2D eigenvalue weighted by Gasteiger charge is 2.28. The molecule has 0 spiro atoms. The van der Waals surface area contributed by atoms with Crippen molar-refractivity contribution in [1.29, 1.82) is 0 Å². The number of nitrogens with zero attached hydrogens (tertiary/aromatic N) is 1.